The molecule has 45 heavy (non-hydrogen) atoms. The topological polar surface area (TPSA) is 24.4 Å². The lowest BCUT2D eigenvalue weighted by molar-refractivity contribution is 1.46. The summed E-state index contributed by atoms with van der Waals surface area (Å²) in [5, 5.41) is 11.1. The van der Waals surface area contributed by atoms with Crippen molar-refractivity contribution in [3.63, 3.8) is 0 Å². The number of nitrogens with one attached hydrogen (secondary N) is 1. The van der Waals surface area contributed by atoms with Gasteiger partial charge in [-0.1, -0.05) is 146 Å². The highest BCUT2D eigenvalue weighted by Gasteiger charge is 2.17. The lowest BCUT2D eigenvalue weighted by Crippen LogP contribution is -2.13. The van der Waals surface area contributed by atoms with E-state index in [1.807, 2.05) is 48.5 Å². The van der Waals surface area contributed by atoms with Gasteiger partial charge in [-0.3, -0.25) is 0 Å². The molecule has 0 saturated heterocycles. The van der Waals surface area contributed by atoms with Crippen LogP contribution in [0.4, 0.5) is 11.4 Å². The van der Waals surface area contributed by atoms with Gasteiger partial charge in [0.15, 0.2) is 0 Å². The van der Waals surface area contributed by atoms with Crippen LogP contribution in [0.15, 0.2) is 181 Å². The molecule has 8 rings (SSSR count). The van der Waals surface area contributed by atoms with Crippen molar-refractivity contribution in [2.45, 2.75) is 0 Å². The van der Waals surface area contributed by atoms with E-state index in [1.54, 1.807) is 0 Å². The maximum Gasteiger partial charge on any atom is 0.138 e. The molecule has 0 spiro atoms. The number of fused-ring (bicyclic) bond motifs is 3. The van der Waals surface area contributed by atoms with Gasteiger partial charge in [0.2, 0.25) is 0 Å². The second-order valence-corrected chi connectivity index (χ2v) is 11.3. The Balaban J connectivity index is 1.24. The van der Waals surface area contributed by atoms with E-state index < -0.39 is 0 Å². The van der Waals surface area contributed by atoms with E-state index in [4.69, 9.17) is 4.99 Å². The number of para-hydroxylation sites is 1. The highest BCUT2D eigenvalue weighted by Crippen LogP contribution is 2.44. The van der Waals surface area contributed by atoms with Crippen LogP contribution in [0.2, 0.25) is 0 Å². The van der Waals surface area contributed by atoms with Crippen molar-refractivity contribution in [2.75, 3.05) is 5.32 Å². The predicted octanol–water partition coefficient (Wildman–Crippen LogP) is 11.7. The van der Waals surface area contributed by atoms with Crippen LogP contribution < -0.4 is 5.32 Å². The van der Waals surface area contributed by atoms with Crippen LogP contribution in [0.3, 0.4) is 0 Å². The first-order valence-corrected chi connectivity index (χ1v) is 15.3. The minimum Gasteiger partial charge on any atom is -0.340 e. The number of benzene rings is 8. The van der Waals surface area contributed by atoms with Crippen molar-refractivity contribution in [3.8, 4) is 22.3 Å². The minimum atomic E-state index is 0.810. The SMILES string of the molecule is c1ccc(N=C(Nc2ccc(-c3c4ccccc4c(-c4ccc5ccccc5c4)c4ccccc34)cc2)c2ccccc2)cc1. The second kappa shape index (κ2) is 11.6. The number of hydrogen-bond donors (Lipinski definition) is 1. The van der Waals surface area contributed by atoms with Crippen LogP contribution in [0.1, 0.15) is 5.56 Å². The predicted molar refractivity (Wildman–Crippen MR) is 193 cm³/mol. The van der Waals surface area contributed by atoms with Gasteiger partial charge in [0.1, 0.15) is 5.84 Å². The van der Waals surface area contributed by atoms with Crippen LogP contribution in [0.5, 0.6) is 0 Å². The second-order valence-electron chi connectivity index (χ2n) is 11.3. The molecule has 0 aliphatic rings. The number of hydrogen-bond acceptors (Lipinski definition) is 1. The first-order valence-electron chi connectivity index (χ1n) is 15.3. The lowest BCUT2D eigenvalue weighted by atomic mass is 9.85. The quantitative estimate of drug-likeness (QED) is 0.123. The Hall–Kier alpha value is -5.99. The zero-order valence-electron chi connectivity index (χ0n) is 24.7. The molecule has 0 saturated carbocycles. The monoisotopic (exact) mass is 574 g/mol. The fraction of sp³-hybridized carbons (Fsp3) is 0. The van der Waals surface area contributed by atoms with Crippen LogP contribution in [-0.2, 0) is 0 Å². The molecule has 0 fully saturated rings. The largest absolute Gasteiger partial charge is 0.340 e. The fourth-order valence-electron chi connectivity index (χ4n) is 6.34. The normalized spacial score (nSPS) is 11.7. The highest BCUT2D eigenvalue weighted by atomic mass is 15.0. The molecular weight excluding hydrogens is 544 g/mol. The Bertz CT molecular complexity index is 2260. The van der Waals surface area contributed by atoms with E-state index >= 15 is 0 Å². The number of amidine groups is 1. The molecule has 0 unspecified atom stereocenters. The smallest absolute Gasteiger partial charge is 0.138 e. The Morgan fingerprint density at radius 1 is 0.400 bits per heavy atom. The number of aliphatic imine (C=N–C) groups is 1. The summed E-state index contributed by atoms with van der Waals surface area (Å²) in [5.74, 6) is 0.810. The highest BCUT2D eigenvalue weighted by molar-refractivity contribution is 6.21. The summed E-state index contributed by atoms with van der Waals surface area (Å²) in [5.41, 5.74) is 7.87. The maximum atomic E-state index is 4.95. The average molecular weight is 575 g/mol. The standard InChI is InChI=1S/C43H30N2/c1-3-14-32(15-4-1)43(44-35-17-5-2-6-18-35)45-36-27-25-31(26-28-36)41-37-19-9-11-21-39(37)42(40-22-12-10-20-38(40)41)34-24-23-30-13-7-8-16-33(30)29-34/h1-29H,(H,44,45). The van der Waals surface area contributed by atoms with Gasteiger partial charge in [0.25, 0.3) is 0 Å². The molecule has 0 aromatic heterocycles. The summed E-state index contributed by atoms with van der Waals surface area (Å²) >= 11 is 0. The molecular formula is C43H30N2. The van der Waals surface area contributed by atoms with Crippen molar-refractivity contribution in [2.24, 2.45) is 4.99 Å². The van der Waals surface area contributed by atoms with Crippen molar-refractivity contribution in [1.29, 1.82) is 0 Å². The van der Waals surface area contributed by atoms with Gasteiger partial charge in [-0.15, -0.1) is 0 Å². The molecule has 212 valence electrons. The third-order valence-corrected chi connectivity index (χ3v) is 8.45. The van der Waals surface area contributed by atoms with Gasteiger partial charge in [0.05, 0.1) is 5.69 Å². The van der Waals surface area contributed by atoms with Crippen molar-refractivity contribution in [3.05, 3.63) is 181 Å². The molecule has 0 atom stereocenters. The molecule has 0 aliphatic heterocycles. The van der Waals surface area contributed by atoms with Crippen LogP contribution >= 0.6 is 0 Å². The first-order chi connectivity index (χ1) is 22.3. The zero-order valence-corrected chi connectivity index (χ0v) is 24.7. The summed E-state index contributed by atoms with van der Waals surface area (Å²) in [6.45, 7) is 0. The van der Waals surface area contributed by atoms with E-state index in [-0.39, 0.29) is 0 Å². The molecule has 0 aliphatic carbocycles. The summed E-state index contributed by atoms with van der Waals surface area (Å²) in [6.07, 6.45) is 0. The van der Waals surface area contributed by atoms with Crippen molar-refractivity contribution < 1.29 is 0 Å². The summed E-state index contributed by atoms with van der Waals surface area (Å²) in [4.78, 5) is 4.95. The van der Waals surface area contributed by atoms with E-state index in [9.17, 15) is 0 Å². The van der Waals surface area contributed by atoms with E-state index in [1.165, 1.54) is 54.6 Å². The van der Waals surface area contributed by atoms with Gasteiger partial charge >= 0.3 is 0 Å². The average Bonchev–Trinajstić information content (AvgIpc) is 3.11. The fourth-order valence-corrected chi connectivity index (χ4v) is 6.34. The van der Waals surface area contributed by atoms with Crippen LogP contribution in [0, 0.1) is 0 Å². The molecule has 8 aromatic rings. The Morgan fingerprint density at radius 2 is 0.889 bits per heavy atom. The van der Waals surface area contributed by atoms with Gasteiger partial charge in [-0.25, -0.2) is 4.99 Å². The van der Waals surface area contributed by atoms with E-state index in [2.05, 4.69) is 133 Å². The molecule has 2 heteroatoms. The molecule has 0 bridgehead atoms. The Labute approximate surface area is 263 Å². The summed E-state index contributed by atoms with van der Waals surface area (Å²) < 4.78 is 0. The lowest BCUT2D eigenvalue weighted by Gasteiger charge is -2.18. The number of rotatable bonds is 5. The van der Waals surface area contributed by atoms with Gasteiger partial charge in [-0.2, -0.15) is 0 Å². The van der Waals surface area contributed by atoms with Crippen molar-refractivity contribution in [1.82, 2.24) is 0 Å². The van der Waals surface area contributed by atoms with Crippen LogP contribution in [-0.4, -0.2) is 5.84 Å². The maximum absolute atomic E-state index is 4.95. The van der Waals surface area contributed by atoms with Crippen molar-refractivity contribution >= 4 is 49.5 Å². The third kappa shape index (κ3) is 5.13. The van der Waals surface area contributed by atoms with E-state index in [0.717, 1.165) is 22.8 Å². The van der Waals surface area contributed by atoms with Gasteiger partial charge < -0.3 is 5.32 Å². The molecule has 8 aromatic carbocycles. The molecule has 0 heterocycles. The number of nitrogens with zero attached hydrogens (tertiary/aromatic N) is 1. The summed E-state index contributed by atoms with van der Waals surface area (Å²) in [6, 6.07) is 62.1. The zero-order chi connectivity index (χ0) is 30.0. The third-order valence-electron chi connectivity index (χ3n) is 8.45. The molecule has 0 amide bonds. The van der Waals surface area contributed by atoms with Gasteiger partial charge in [-0.05, 0) is 84.9 Å². The summed E-state index contributed by atoms with van der Waals surface area (Å²) in [7, 11) is 0. The first kappa shape index (κ1) is 26.6. The molecule has 0 radical (unpaired) electrons. The minimum absolute atomic E-state index is 0.810. The molecule has 1 N–H and O–H groups in total. The van der Waals surface area contributed by atoms with Gasteiger partial charge in [0, 0.05) is 11.3 Å². The molecule has 2 nitrogen and oxygen atoms in total. The Kier molecular flexibility index (Phi) is 6.86. The van der Waals surface area contributed by atoms with Crippen LogP contribution in [0.25, 0.3) is 54.6 Å². The number of anilines is 1. The Morgan fingerprint density at radius 3 is 1.51 bits per heavy atom. The van der Waals surface area contributed by atoms with E-state index in [0.29, 0.717) is 0 Å².